The summed E-state index contributed by atoms with van der Waals surface area (Å²) in [5.74, 6) is 0.695. The van der Waals surface area contributed by atoms with Crippen LogP contribution in [0, 0.1) is 5.92 Å². The van der Waals surface area contributed by atoms with Crippen LogP contribution >= 0.6 is 15.9 Å². The highest BCUT2D eigenvalue weighted by Gasteiger charge is 2.18. The first-order valence-corrected chi connectivity index (χ1v) is 8.23. The van der Waals surface area contributed by atoms with Crippen LogP contribution in [0.5, 0.6) is 0 Å². The number of halogens is 1. The number of alkyl halides is 1. The monoisotopic (exact) mass is 325 g/mol. The van der Waals surface area contributed by atoms with E-state index in [2.05, 4.69) is 35.1 Å². The van der Waals surface area contributed by atoms with Crippen LogP contribution in [-0.2, 0) is 4.79 Å². The van der Waals surface area contributed by atoms with Crippen molar-refractivity contribution in [1.29, 1.82) is 0 Å². The first-order valence-electron chi connectivity index (χ1n) is 7.11. The number of hydrogen-bond acceptors (Lipinski definition) is 1. The third-order valence-corrected chi connectivity index (χ3v) is 4.04. The molecule has 0 spiro atoms. The van der Waals surface area contributed by atoms with E-state index in [9.17, 15) is 4.79 Å². The highest BCUT2D eigenvalue weighted by Crippen LogP contribution is 2.19. The summed E-state index contributed by atoms with van der Waals surface area (Å²) in [6.45, 7) is 5.02. The lowest BCUT2D eigenvalue weighted by atomic mass is 9.95. The van der Waals surface area contributed by atoms with Crippen LogP contribution in [0.3, 0.4) is 0 Å². The summed E-state index contributed by atoms with van der Waals surface area (Å²) in [6.07, 6.45) is 3.05. The van der Waals surface area contributed by atoms with E-state index >= 15 is 0 Å². The van der Waals surface area contributed by atoms with E-state index in [1.807, 2.05) is 30.3 Å². The Morgan fingerprint density at radius 3 is 2.42 bits per heavy atom. The van der Waals surface area contributed by atoms with Gasteiger partial charge in [-0.05, 0) is 24.3 Å². The Morgan fingerprint density at radius 1 is 1.21 bits per heavy atom. The van der Waals surface area contributed by atoms with Gasteiger partial charge in [-0.1, -0.05) is 66.5 Å². The lowest BCUT2D eigenvalue weighted by Gasteiger charge is -2.19. The maximum Gasteiger partial charge on any atom is 0.227 e. The molecule has 0 aromatic heterocycles. The molecule has 0 saturated heterocycles. The fourth-order valence-corrected chi connectivity index (χ4v) is 2.88. The average molecular weight is 326 g/mol. The third kappa shape index (κ3) is 5.35. The average Bonchev–Trinajstić information content (AvgIpc) is 2.45. The maximum absolute atomic E-state index is 12.3. The molecule has 2 unspecified atom stereocenters. The molecule has 1 amide bonds. The lowest BCUT2D eigenvalue weighted by Crippen LogP contribution is -2.33. The van der Waals surface area contributed by atoms with Crippen LogP contribution < -0.4 is 5.32 Å². The summed E-state index contributed by atoms with van der Waals surface area (Å²) in [5.41, 5.74) is 1.11. The van der Waals surface area contributed by atoms with E-state index in [1.54, 1.807) is 0 Å². The Balaban J connectivity index is 2.55. The predicted octanol–water partition coefficient (Wildman–Crippen LogP) is 4.11. The highest BCUT2D eigenvalue weighted by atomic mass is 79.9. The van der Waals surface area contributed by atoms with Gasteiger partial charge in [0.25, 0.3) is 0 Å². The fraction of sp³-hybridized carbons (Fsp3) is 0.562. The third-order valence-electron chi connectivity index (χ3n) is 3.59. The van der Waals surface area contributed by atoms with Gasteiger partial charge in [-0.2, -0.15) is 0 Å². The Kier molecular flexibility index (Phi) is 7.80. The van der Waals surface area contributed by atoms with Crippen LogP contribution in [0.2, 0.25) is 0 Å². The van der Waals surface area contributed by atoms with Crippen molar-refractivity contribution in [2.75, 3.05) is 11.9 Å². The van der Waals surface area contributed by atoms with Gasteiger partial charge in [0, 0.05) is 11.9 Å². The molecule has 0 aliphatic rings. The molecule has 0 aliphatic carbocycles. The van der Waals surface area contributed by atoms with E-state index in [1.165, 1.54) is 0 Å². The standard InChI is InChI=1S/C16H24BrNO/c1-3-13(10-11-17)12-18-16(19)15(4-2)14-8-6-5-7-9-14/h5-9,13,15H,3-4,10-12H2,1-2H3,(H,18,19). The molecule has 0 saturated carbocycles. The molecule has 1 N–H and O–H groups in total. The van der Waals surface area contributed by atoms with Crippen molar-refractivity contribution in [1.82, 2.24) is 5.32 Å². The molecule has 1 rings (SSSR count). The van der Waals surface area contributed by atoms with Gasteiger partial charge >= 0.3 is 0 Å². The zero-order valence-corrected chi connectivity index (χ0v) is 13.4. The molecular weight excluding hydrogens is 302 g/mol. The van der Waals surface area contributed by atoms with Gasteiger partial charge in [-0.15, -0.1) is 0 Å². The highest BCUT2D eigenvalue weighted by molar-refractivity contribution is 9.09. The SMILES string of the molecule is CCC(CCBr)CNC(=O)C(CC)c1ccccc1. The predicted molar refractivity (Wildman–Crippen MR) is 84.7 cm³/mol. The van der Waals surface area contributed by atoms with Gasteiger partial charge in [0.2, 0.25) is 5.91 Å². The minimum atomic E-state index is -0.0253. The molecule has 2 atom stereocenters. The van der Waals surface area contributed by atoms with Crippen molar-refractivity contribution in [3.63, 3.8) is 0 Å². The van der Waals surface area contributed by atoms with Crippen LogP contribution in [0.25, 0.3) is 0 Å². The Labute approximate surface area is 125 Å². The van der Waals surface area contributed by atoms with Gasteiger partial charge in [-0.25, -0.2) is 0 Å². The normalized spacial score (nSPS) is 13.8. The van der Waals surface area contributed by atoms with Crippen LogP contribution in [0.4, 0.5) is 0 Å². The molecule has 0 heterocycles. The maximum atomic E-state index is 12.3. The molecular formula is C16H24BrNO. The molecule has 0 radical (unpaired) electrons. The van der Waals surface area contributed by atoms with Gasteiger partial charge in [0.05, 0.1) is 5.92 Å². The van der Waals surface area contributed by atoms with E-state index < -0.39 is 0 Å². The van der Waals surface area contributed by atoms with Gasteiger partial charge in [0.1, 0.15) is 0 Å². The molecule has 0 aliphatic heterocycles. The summed E-state index contributed by atoms with van der Waals surface area (Å²) in [7, 11) is 0. The summed E-state index contributed by atoms with van der Waals surface area (Å²) < 4.78 is 0. The Morgan fingerprint density at radius 2 is 1.89 bits per heavy atom. The summed E-state index contributed by atoms with van der Waals surface area (Å²) >= 11 is 3.46. The van der Waals surface area contributed by atoms with Gasteiger partial charge in [-0.3, -0.25) is 4.79 Å². The molecule has 3 heteroatoms. The van der Waals surface area contributed by atoms with Crippen molar-refractivity contribution >= 4 is 21.8 Å². The van der Waals surface area contributed by atoms with Gasteiger partial charge in [0.15, 0.2) is 0 Å². The number of carbonyl (C=O) groups excluding carboxylic acids is 1. The van der Waals surface area contributed by atoms with E-state index in [4.69, 9.17) is 0 Å². The summed E-state index contributed by atoms with van der Waals surface area (Å²) in [6, 6.07) is 10.0. The quantitative estimate of drug-likeness (QED) is 0.716. The van der Waals surface area contributed by atoms with E-state index in [0.717, 1.165) is 36.7 Å². The number of nitrogens with one attached hydrogen (secondary N) is 1. The molecule has 106 valence electrons. The Bertz CT molecular complexity index is 366. The largest absolute Gasteiger partial charge is 0.355 e. The minimum absolute atomic E-state index is 0.0253. The first kappa shape index (κ1) is 16.2. The van der Waals surface area contributed by atoms with Gasteiger partial charge < -0.3 is 5.32 Å². The smallest absolute Gasteiger partial charge is 0.227 e. The Hall–Kier alpha value is -0.830. The molecule has 2 nitrogen and oxygen atoms in total. The first-order chi connectivity index (χ1) is 9.22. The fourth-order valence-electron chi connectivity index (χ4n) is 2.23. The zero-order chi connectivity index (χ0) is 14.1. The zero-order valence-electron chi connectivity index (χ0n) is 11.9. The van der Waals surface area contributed by atoms with Crippen LogP contribution in [-0.4, -0.2) is 17.8 Å². The topological polar surface area (TPSA) is 29.1 Å². The van der Waals surface area contributed by atoms with Crippen molar-refractivity contribution in [2.45, 2.75) is 39.0 Å². The molecule has 1 aromatic rings. The van der Waals surface area contributed by atoms with Crippen molar-refractivity contribution < 1.29 is 4.79 Å². The number of carbonyl (C=O) groups is 1. The van der Waals surface area contributed by atoms with E-state index in [0.29, 0.717) is 5.92 Å². The lowest BCUT2D eigenvalue weighted by molar-refractivity contribution is -0.122. The minimum Gasteiger partial charge on any atom is -0.355 e. The number of amides is 1. The number of rotatable bonds is 8. The van der Waals surface area contributed by atoms with Crippen molar-refractivity contribution in [3.8, 4) is 0 Å². The molecule has 19 heavy (non-hydrogen) atoms. The van der Waals surface area contributed by atoms with Crippen molar-refractivity contribution in [2.24, 2.45) is 5.92 Å². The number of benzene rings is 1. The van der Waals surface area contributed by atoms with Crippen LogP contribution in [0.1, 0.15) is 44.6 Å². The molecule has 0 bridgehead atoms. The summed E-state index contributed by atoms with van der Waals surface area (Å²) in [5, 5.41) is 4.11. The van der Waals surface area contributed by atoms with E-state index in [-0.39, 0.29) is 11.8 Å². The van der Waals surface area contributed by atoms with Crippen LogP contribution in [0.15, 0.2) is 30.3 Å². The molecule has 1 aromatic carbocycles. The molecule has 0 fully saturated rings. The second-order valence-electron chi connectivity index (χ2n) is 4.87. The summed E-state index contributed by atoms with van der Waals surface area (Å²) in [4.78, 5) is 12.3. The second kappa shape index (κ2) is 9.13. The number of hydrogen-bond donors (Lipinski definition) is 1. The van der Waals surface area contributed by atoms with Crippen molar-refractivity contribution in [3.05, 3.63) is 35.9 Å². The second-order valence-corrected chi connectivity index (χ2v) is 5.66.